The summed E-state index contributed by atoms with van der Waals surface area (Å²) in [5, 5.41) is 8.09. The Morgan fingerprint density at radius 2 is 2.08 bits per heavy atom. The van der Waals surface area contributed by atoms with E-state index in [0.29, 0.717) is 52.5 Å². The summed E-state index contributed by atoms with van der Waals surface area (Å²) < 4.78 is 38.6. The molecule has 36 heavy (non-hydrogen) atoms. The summed E-state index contributed by atoms with van der Waals surface area (Å²) >= 11 is 0. The fourth-order valence-electron chi connectivity index (χ4n) is 4.95. The highest BCUT2D eigenvalue weighted by Crippen LogP contribution is 2.57. The Hall–Kier alpha value is -3.92. The Kier molecular flexibility index (Phi) is 5.40. The first kappa shape index (κ1) is 22.5. The van der Waals surface area contributed by atoms with E-state index in [1.807, 2.05) is 30.3 Å². The van der Waals surface area contributed by atoms with E-state index >= 15 is 0 Å². The van der Waals surface area contributed by atoms with Crippen LogP contribution in [0, 0.1) is 11.3 Å². The van der Waals surface area contributed by atoms with Crippen molar-refractivity contribution in [3.8, 4) is 28.3 Å². The Labute approximate surface area is 205 Å². The van der Waals surface area contributed by atoms with Crippen LogP contribution in [0.3, 0.4) is 0 Å². The number of hydrogen-bond acceptors (Lipinski definition) is 6. The molecular formula is C26H23F2N5O3. The van der Waals surface area contributed by atoms with Gasteiger partial charge in [0.1, 0.15) is 24.3 Å². The molecule has 8 nitrogen and oxygen atoms in total. The standard InChI is InChI=1S/C26H23F2N5O3/c1-35-21-8-19-17(7-20(21)31-25(34)26-9-16(26)12-36-13-26)24(30-14-29-19)18-10-33(11-22(27)28)32-23(18)15-5-3-2-4-6-15/h2-8,10,14,16,22H,9,11-13H2,1H3,(H,31,34)/t16-,26-/m1/s1. The number of fused-ring (bicyclic) bond motifs is 2. The molecule has 2 aromatic heterocycles. The van der Waals surface area contributed by atoms with Gasteiger partial charge in [-0.1, -0.05) is 30.3 Å². The summed E-state index contributed by atoms with van der Waals surface area (Å²) in [5.41, 5.74) is 2.99. The number of anilines is 1. The summed E-state index contributed by atoms with van der Waals surface area (Å²) in [4.78, 5) is 22.0. The molecule has 4 aromatic rings. The van der Waals surface area contributed by atoms with Gasteiger partial charge in [0.15, 0.2) is 0 Å². The number of nitrogens with zero attached hydrogens (tertiary/aromatic N) is 4. The van der Waals surface area contributed by atoms with Crippen molar-refractivity contribution >= 4 is 22.5 Å². The molecule has 2 atom stereocenters. The minimum Gasteiger partial charge on any atom is -0.494 e. The number of alkyl halides is 2. The maximum absolute atomic E-state index is 13.2. The van der Waals surface area contributed by atoms with Crippen LogP contribution in [0.2, 0.25) is 0 Å². The number of carbonyl (C=O) groups excluding carboxylic acids is 1. The van der Waals surface area contributed by atoms with Crippen molar-refractivity contribution in [1.82, 2.24) is 19.7 Å². The van der Waals surface area contributed by atoms with Gasteiger partial charge in [0, 0.05) is 34.7 Å². The Balaban J connectivity index is 1.47. The summed E-state index contributed by atoms with van der Waals surface area (Å²) in [6.07, 6.45) is 1.24. The lowest BCUT2D eigenvalue weighted by Gasteiger charge is -2.16. The third-order valence-corrected chi connectivity index (χ3v) is 6.96. The third kappa shape index (κ3) is 3.78. The molecule has 0 unspecified atom stereocenters. The maximum atomic E-state index is 13.2. The molecule has 2 fully saturated rings. The first-order valence-electron chi connectivity index (χ1n) is 11.6. The summed E-state index contributed by atoms with van der Waals surface area (Å²) in [6.45, 7) is 0.478. The highest BCUT2D eigenvalue weighted by atomic mass is 19.3. The average Bonchev–Trinajstić information content (AvgIpc) is 3.21. The molecule has 0 radical (unpaired) electrons. The highest BCUT2D eigenvalue weighted by Gasteiger charge is 2.63. The number of nitrogens with one attached hydrogen (secondary N) is 1. The number of aromatic nitrogens is 4. The normalized spacial score (nSPS) is 20.5. The highest BCUT2D eigenvalue weighted by molar-refractivity contribution is 6.04. The van der Waals surface area contributed by atoms with E-state index in [0.717, 1.165) is 12.0 Å². The minimum atomic E-state index is -2.56. The SMILES string of the molecule is COc1cc2ncnc(-c3cn(CC(F)F)nc3-c3ccccc3)c2cc1NC(=O)[C@]12COC[C@H]1C2. The molecule has 3 heterocycles. The number of amides is 1. The van der Waals surface area contributed by atoms with Crippen LogP contribution in [0.1, 0.15) is 6.42 Å². The number of benzene rings is 2. The third-order valence-electron chi connectivity index (χ3n) is 6.96. The van der Waals surface area contributed by atoms with Crippen LogP contribution >= 0.6 is 0 Å². The van der Waals surface area contributed by atoms with Crippen molar-refractivity contribution in [3.63, 3.8) is 0 Å². The number of hydrogen-bond donors (Lipinski definition) is 1. The molecule has 1 amide bonds. The van der Waals surface area contributed by atoms with E-state index in [1.165, 1.54) is 18.1 Å². The molecule has 2 aromatic carbocycles. The van der Waals surface area contributed by atoms with E-state index < -0.39 is 18.4 Å². The molecule has 1 saturated carbocycles. The molecule has 184 valence electrons. The molecule has 6 rings (SSSR count). The zero-order chi connectivity index (χ0) is 24.9. The molecule has 0 spiro atoms. The summed E-state index contributed by atoms with van der Waals surface area (Å²) in [6, 6.07) is 12.8. The van der Waals surface area contributed by atoms with Crippen LogP contribution in [0.4, 0.5) is 14.5 Å². The molecule has 1 aliphatic carbocycles. The fourth-order valence-corrected chi connectivity index (χ4v) is 4.95. The van der Waals surface area contributed by atoms with Crippen molar-refractivity contribution < 1.29 is 23.0 Å². The zero-order valence-electron chi connectivity index (χ0n) is 19.4. The van der Waals surface area contributed by atoms with E-state index in [4.69, 9.17) is 9.47 Å². The summed E-state index contributed by atoms with van der Waals surface area (Å²) in [5.74, 6) is 0.609. The number of methoxy groups -OCH3 is 1. The van der Waals surface area contributed by atoms with Gasteiger partial charge in [0.05, 0.1) is 42.6 Å². The van der Waals surface area contributed by atoms with Crippen molar-refractivity contribution in [2.24, 2.45) is 11.3 Å². The van der Waals surface area contributed by atoms with Gasteiger partial charge in [-0.15, -0.1) is 0 Å². The van der Waals surface area contributed by atoms with Crippen molar-refractivity contribution in [2.75, 3.05) is 25.6 Å². The first-order valence-corrected chi connectivity index (χ1v) is 11.6. The van der Waals surface area contributed by atoms with Crippen LogP contribution in [0.5, 0.6) is 5.75 Å². The number of rotatable bonds is 7. The van der Waals surface area contributed by atoms with Crippen molar-refractivity contribution in [3.05, 3.63) is 55.0 Å². The Morgan fingerprint density at radius 1 is 1.25 bits per heavy atom. The van der Waals surface area contributed by atoms with Crippen LogP contribution in [-0.2, 0) is 16.1 Å². The van der Waals surface area contributed by atoms with E-state index in [1.54, 1.807) is 18.3 Å². The van der Waals surface area contributed by atoms with E-state index in [-0.39, 0.29) is 11.8 Å². The van der Waals surface area contributed by atoms with E-state index in [9.17, 15) is 13.6 Å². The van der Waals surface area contributed by atoms with Gasteiger partial charge >= 0.3 is 0 Å². The average molecular weight is 491 g/mol. The Bertz CT molecular complexity index is 1460. The van der Waals surface area contributed by atoms with Crippen LogP contribution in [0.15, 0.2) is 55.0 Å². The fraction of sp³-hybridized carbons (Fsp3) is 0.308. The monoisotopic (exact) mass is 491 g/mol. The van der Waals surface area contributed by atoms with Gasteiger partial charge in [-0.05, 0) is 12.5 Å². The van der Waals surface area contributed by atoms with Crippen LogP contribution in [0.25, 0.3) is 33.4 Å². The van der Waals surface area contributed by atoms with Crippen LogP contribution < -0.4 is 10.1 Å². The predicted molar refractivity (Wildman–Crippen MR) is 129 cm³/mol. The van der Waals surface area contributed by atoms with Gasteiger partial charge in [-0.2, -0.15) is 5.10 Å². The quantitative estimate of drug-likeness (QED) is 0.412. The molecular weight excluding hydrogens is 468 g/mol. The summed E-state index contributed by atoms with van der Waals surface area (Å²) in [7, 11) is 1.53. The lowest BCUT2D eigenvalue weighted by atomic mass is 10.0. The number of ether oxygens (including phenoxy) is 2. The van der Waals surface area contributed by atoms with Gasteiger partial charge in [-0.3, -0.25) is 9.48 Å². The smallest absolute Gasteiger partial charge is 0.257 e. The first-order chi connectivity index (χ1) is 17.5. The minimum absolute atomic E-state index is 0.101. The van der Waals surface area contributed by atoms with Crippen molar-refractivity contribution in [2.45, 2.75) is 19.4 Å². The van der Waals surface area contributed by atoms with Crippen LogP contribution in [-0.4, -0.2) is 52.4 Å². The topological polar surface area (TPSA) is 91.2 Å². The second-order valence-corrected chi connectivity index (χ2v) is 9.19. The largest absolute Gasteiger partial charge is 0.494 e. The maximum Gasteiger partial charge on any atom is 0.257 e. The van der Waals surface area contributed by atoms with Gasteiger partial charge in [0.2, 0.25) is 5.91 Å². The molecule has 1 aliphatic heterocycles. The second kappa shape index (κ2) is 8.63. The molecule has 10 heteroatoms. The molecule has 2 aliphatic rings. The zero-order valence-corrected chi connectivity index (χ0v) is 19.4. The predicted octanol–water partition coefficient (Wildman–Crippen LogP) is 4.41. The molecule has 1 N–H and O–H groups in total. The lowest BCUT2D eigenvalue weighted by molar-refractivity contribution is -0.121. The molecule has 0 bridgehead atoms. The van der Waals surface area contributed by atoms with Gasteiger partial charge < -0.3 is 14.8 Å². The van der Waals surface area contributed by atoms with E-state index in [2.05, 4.69) is 20.4 Å². The molecule has 1 saturated heterocycles. The Morgan fingerprint density at radius 3 is 2.78 bits per heavy atom. The lowest BCUT2D eigenvalue weighted by Crippen LogP contribution is -2.27. The van der Waals surface area contributed by atoms with Gasteiger partial charge in [0.25, 0.3) is 6.43 Å². The number of carbonyl (C=O) groups is 1. The van der Waals surface area contributed by atoms with Gasteiger partial charge in [-0.25, -0.2) is 18.7 Å². The number of halogens is 2. The second-order valence-electron chi connectivity index (χ2n) is 9.19. The van der Waals surface area contributed by atoms with Crippen molar-refractivity contribution in [1.29, 1.82) is 0 Å².